The third-order valence-electron chi connectivity index (χ3n) is 5.56. The molecule has 1 aliphatic carbocycles. The van der Waals surface area contributed by atoms with Crippen LogP contribution < -0.4 is 5.32 Å². The molecule has 4 rings (SSSR count). The zero-order valence-corrected chi connectivity index (χ0v) is 15.8. The van der Waals surface area contributed by atoms with Gasteiger partial charge < -0.3 is 14.7 Å². The predicted molar refractivity (Wildman–Crippen MR) is 102 cm³/mol. The highest BCUT2D eigenvalue weighted by atomic mass is 35.5. The van der Waals surface area contributed by atoms with E-state index in [1.54, 1.807) is 0 Å². The maximum absolute atomic E-state index is 5.91. The molecule has 1 aliphatic heterocycles. The van der Waals surface area contributed by atoms with Crippen molar-refractivity contribution in [3.05, 3.63) is 35.2 Å². The largest absolute Gasteiger partial charge is 0.356 e. The fourth-order valence-electron chi connectivity index (χ4n) is 3.89. The van der Waals surface area contributed by atoms with E-state index in [0.717, 1.165) is 31.2 Å². The molecule has 6 nitrogen and oxygen atoms in total. The first-order valence-corrected chi connectivity index (χ1v) is 9.59. The molecule has 1 saturated carbocycles. The highest BCUT2D eigenvalue weighted by molar-refractivity contribution is 6.30. The molecule has 2 aliphatic rings. The van der Waals surface area contributed by atoms with Crippen LogP contribution in [0.5, 0.6) is 0 Å². The molecule has 0 amide bonds. The average Bonchev–Trinajstić information content (AvgIpc) is 3.27. The molecule has 138 valence electrons. The molecule has 0 radical (unpaired) electrons. The second-order valence-electron chi connectivity index (χ2n) is 7.27. The molecule has 2 aromatic rings. The fourth-order valence-corrected chi connectivity index (χ4v) is 4.01. The molecule has 1 aromatic carbocycles. The molecule has 26 heavy (non-hydrogen) atoms. The standard InChI is InChI=1S/C19H24ClN5O/c1-21-18(25-12-10-19(13-25)8-2-9-19)22-11-7-16-23-17(24-26-16)14-3-5-15(20)6-4-14/h3-6H,2,7-13H2,1H3,(H,21,22). The lowest BCUT2D eigenvalue weighted by Crippen LogP contribution is -2.43. The first-order chi connectivity index (χ1) is 12.7. The summed E-state index contributed by atoms with van der Waals surface area (Å²) in [6.07, 6.45) is 6.08. The molecule has 2 heterocycles. The summed E-state index contributed by atoms with van der Waals surface area (Å²) in [5, 5.41) is 8.18. The Kier molecular flexibility index (Phi) is 4.85. The summed E-state index contributed by atoms with van der Waals surface area (Å²) in [5.74, 6) is 2.19. The number of nitrogens with one attached hydrogen (secondary N) is 1. The number of benzene rings is 1. The summed E-state index contributed by atoms with van der Waals surface area (Å²) in [5.41, 5.74) is 1.47. The monoisotopic (exact) mass is 373 g/mol. The van der Waals surface area contributed by atoms with Crippen LogP contribution in [0.4, 0.5) is 0 Å². The molecule has 0 bridgehead atoms. The fraction of sp³-hybridized carbons (Fsp3) is 0.526. The van der Waals surface area contributed by atoms with Crippen LogP contribution in [0.2, 0.25) is 5.02 Å². The van der Waals surface area contributed by atoms with Crippen LogP contribution in [-0.2, 0) is 6.42 Å². The van der Waals surface area contributed by atoms with Crippen molar-refractivity contribution in [3.63, 3.8) is 0 Å². The summed E-state index contributed by atoms with van der Waals surface area (Å²) in [7, 11) is 1.85. The van der Waals surface area contributed by atoms with E-state index in [0.29, 0.717) is 28.6 Å². The first kappa shape index (κ1) is 17.3. The van der Waals surface area contributed by atoms with E-state index in [2.05, 4.69) is 25.3 Å². The van der Waals surface area contributed by atoms with Gasteiger partial charge in [-0.05, 0) is 48.9 Å². The van der Waals surface area contributed by atoms with Crippen LogP contribution >= 0.6 is 11.6 Å². The van der Waals surface area contributed by atoms with E-state index < -0.39 is 0 Å². The Bertz CT molecular complexity index is 781. The second kappa shape index (κ2) is 7.27. The SMILES string of the molecule is CN=C(NCCc1nc(-c2ccc(Cl)cc2)no1)N1CCC2(CCC2)C1. The molecule has 1 aromatic heterocycles. The smallest absolute Gasteiger partial charge is 0.228 e. The lowest BCUT2D eigenvalue weighted by atomic mass is 9.68. The number of rotatable bonds is 4. The van der Waals surface area contributed by atoms with Crippen molar-refractivity contribution in [3.8, 4) is 11.4 Å². The minimum atomic E-state index is 0.567. The predicted octanol–water partition coefficient (Wildman–Crippen LogP) is 3.38. The molecule has 2 fully saturated rings. The van der Waals surface area contributed by atoms with E-state index in [9.17, 15) is 0 Å². The van der Waals surface area contributed by atoms with Crippen molar-refractivity contribution in [2.75, 3.05) is 26.7 Å². The number of likely N-dealkylation sites (tertiary alicyclic amines) is 1. The minimum Gasteiger partial charge on any atom is -0.356 e. The van der Waals surface area contributed by atoms with Crippen molar-refractivity contribution in [1.82, 2.24) is 20.4 Å². The summed E-state index contributed by atoms with van der Waals surface area (Å²) in [6.45, 7) is 2.95. The number of halogens is 1. The normalized spacial score (nSPS) is 19.0. The minimum absolute atomic E-state index is 0.567. The third kappa shape index (κ3) is 3.56. The van der Waals surface area contributed by atoms with Crippen molar-refractivity contribution in [2.45, 2.75) is 32.1 Å². The Morgan fingerprint density at radius 3 is 2.77 bits per heavy atom. The maximum Gasteiger partial charge on any atom is 0.228 e. The van der Waals surface area contributed by atoms with Gasteiger partial charge in [-0.25, -0.2) is 0 Å². The van der Waals surface area contributed by atoms with Gasteiger partial charge in [0, 0.05) is 43.7 Å². The van der Waals surface area contributed by atoms with Gasteiger partial charge in [-0.2, -0.15) is 4.98 Å². The number of aliphatic imine (C=N–C) groups is 1. The van der Waals surface area contributed by atoms with Gasteiger partial charge in [-0.3, -0.25) is 4.99 Å². The summed E-state index contributed by atoms with van der Waals surface area (Å²) >= 11 is 5.91. The zero-order chi connectivity index (χ0) is 18.0. The van der Waals surface area contributed by atoms with Crippen molar-refractivity contribution in [2.24, 2.45) is 10.4 Å². The van der Waals surface area contributed by atoms with Gasteiger partial charge in [-0.1, -0.05) is 23.2 Å². The topological polar surface area (TPSA) is 66.5 Å². The van der Waals surface area contributed by atoms with Gasteiger partial charge in [-0.15, -0.1) is 0 Å². The van der Waals surface area contributed by atoms with Gasteiger partial charge in [0.15, 0.2) is 5.96 Å². The number of aromatic nitrogens is 2. The molecule has 1 N–H and O–H groups in total. The number of hydrogen-bond donors (Lipinski definition) is 1. The summed E-state index contributed by atoms with van der Waals surface area (Å²) < 4.78 is 5.36. The first-order valence-electron chi connectivity index (χ1n) is 9.22. The summed E-state index contributed by atoms with van der Waals surface area (Å²) in [4.78, 5) is 11.3. The van der Waals surface area contributed by atoms with Gasteiger partial charge in [0.1, 0.15) is 0 Å². The van der Waals surface area contributed by atoms with E-state index >= 15 is 0 Å². The van der Waals surface area contributed by atoms with E-state index in [4.69, 9.17) is 16.1 Å². The summed E-state index contributed by atoms with van der Waals surface area (Å²) in [6, 6.07) is 7.42. The lowest BCUT2D eigenvalue weighted by Gasteiger charge is -2.38. The van der Waals surface area contributed by atoms with E-state index in [1.807, 2.05) is 31.3 Å². The number of nitrogens with zero attached hydrogens (tertiary/aromatic N) is 4. The van der Waals surface area contributed by atoms with Crippen LogP contribution in [-0.4, -0.2) is 47.7 Å². The molecular weight excluding hydrogens is 350 g/mol. The van der Waals surface area contributed by atoms with E-state index in [-0.39, 0.29) is 0 Å². The lowest BCUT2D eigenvalue weighted by molar-refractivity contribution is 0.151. The van der Waals surface area contributed by atoms with Crippen LogP contribution in [0.25, 0.3) is 11.4 Å². The van der Waals surface area contributed by atoms with Crippen molar-refractivity contribution >= 4 is 17.6 Å². The molecule has 7 heteroatoms. The molecular formula is C19H24ClN5O. The molecule has 1 spiro atoms. The average molecular weight is 374 g/mol. The molecule has 0 atom stereocenters. The molecule has 0 unspecified atom stereocenters. The second-order valence-corrected chi connectivity index (χ2v) is 7.70. The molecule has 1 saturated heterocycles. The van der Waals surface area contributed by atoms with Gasteiger partial charge >= 0.3 is 0 Å². The Morgan fingerprint density at radius 1 is 1.31 bits per heavy atom. The highest BCUT2D eigenvalue weighted by Crippen LogP contribution is 2.47. The van der Waals surface area contributed by atoms with E-state index in [1.165, 1.54) is 25.7 Å². The van der Waals surface area contributed by atoms with Crippen molar-refractivity contribution < 1.29 is 4.52 Å². The van der Waals surface area contributed by atoms with Crippen LogP contribution in [0, 0.1) is 5.41 Å². The Balaban J connectivity index is 1.29. The third-order valence-corrected chi connectivity index (χ3v) is 5.81. The Morgan fingerprint density at radius 2 is 2.12 bits per heavy atom. The Labute approximate surface area is 158 Å². The van der Waals surface area contributed by atoms with Crippen LogP contribution in [0.3, 0.4) is 0 Å². The zero-order valence-electron chi connectivity index (χ0n) is 15.0. The highest BCUT2D eigenvalue weighted by Gasteiger charge is 2.43. The number of hydrogen-bond acceptors (Lipinski definition) is 4. The van der Waals surface area contributed by atoms with Crippen LogP contribution in [0.15, 0.2) is 33.8 Å². The van der Waals surface area contributed by atoms with Gasteiger partial charge in [0.2, 0.25) is 11.7 Å². The van der Waals surface area contributed by atoms with Gasteiger partial charge in [0.25, 0.3) is 0 Å². The van der Waals surface area contributed by atoms with Crippen LogP contribution in [0.1, 0.15) is 31.6 Å². The Hall–Kier alpha value is -2.08. The quantitative estimate of drug-likeness (QED) is 0.657. The number of guanidine groups is 1. The maximum atomic E-state index is 5.91. The van der Waals surface area contributed by atoms with Gasteiger partial charge in [0.05, 0.1) is 0 Å². The van der Waals surface area contributed by atoms with Crippen molar-refractivity contribution in [1.29, 1.82) is 0 Å².